The smallest absolute Gasteiger partial charge is 0.303 e. The molecule has 0 radical (unpaired) electrons. The van der Waals surface area contributed by atoms with Gasteiger partial charge in [-0.05, 0) is 33.7 Å². The SMILES string of the molecule is [2H]C(CN([2H])C(C)(C)C)C([2H])([2H])C(=O)O. The van der Waals surface area contributed by atoms with Crippen molar-refractivity contribution in [2.45, 2.75) is 39.1 Å². The van der Waals surface area contributed by atoms with Gasteiger partial charge >= 0.3 is 5.97 Å². The van der Waals surface area contributed by atoms with Crippen molar-refractivity contribution >= 4 is 5.97 Å². The lowest BCUT2D eigenvalue weighted by molar-refractivity contribution is -0.137. The van der Waals surface area contributed by atoms with Crippen molar-refractivity contribution in [2.75, 3.05) is 6.54 Å². The van der Waals surface area contributed by atoms with Crippen LogP contribution < -0.4 is 5.31 Å². The topological polar surface area (TPSA) is 49.3 Å². The molecule has 0 saturated heterocycles. The van der Waals surface area contributed by atoms with Gasteiger partial charge in [-0.1, -0.05) is 0 Å². The molecule has 0 fully saturated rings. The maximum absolute atomic E-state index is 10.5. The number of aliphatic carboxylic acids is 1. The summed E-state index contributed by atoms with van der Waals surface area (Å²) < 4.78 is 29.2. The summed E-state index contributed by atoms with van der Waals surface area (Å²) in [5, 5.41) is 9.57. The highest BCUT2D eigenvalue weighted by Gasteiger charge is 2.07. The number of rotatable bonds is 4. The predicted octanol–water partition coefficient (Wildman–Crippen LogP) is 1.24. The minimum atomic E-state index is -2.62. The fourth-order valence-corrected chi connectivity index (χ4v) is 0.452. The van der Waals surface area contributed by atoms with Crippen molar-refractivity contribution in [3.63, 3.8) is 0 Å². The van der Waals surface area contributed by atoms with Gasteiger partial charge in [-0.2, -0.15) is 0 Å². The Morgan fingerprint density at radius 3 is 2.64 bits per heavy atom. The van der Waals surface area contributed by atoms with Gasteiger partial charge in [0.25, 0.3) is 0 Å². The van der Waals surface area contributed by atoms with Gasteiger partial charge in [0.1, 0.15) is 1.41 Å². The van der Waals surface area contributed by atoms with Gasteiger partial charge in [-0.15, -0.1) is 0 Å². The zero-order chi connectivity index (χ0) is 12.4. The van der Waals surface area contributed by atoms with E-state index in [1.165, 1.54) is 0 Å². The molecule has 0 aliphatic carbocycles. The van der Waals surface area contributed by atoms with Crippen LogP contribution >= 0.6 is 0 Å². The molecule has 0 aromatic rings. The number of hydrogen-bond acceptors (Lipinski definition) is 2. The van der Waals surface area contributed by atoms with E-state index in [0.717, 1.165) is 5.31 Å². The normalized spacial score (nSPS) is 21.5. The molecule has 0 aliphatic heterocycles. The number of hydrogen-bond donors (Lipinski definition) is 2. The molecule has 0 aliphatic rings. The second kappa shape index (κ2) is 4.34. The van der Waals surface area contributed by atoms with E-state index < -0.39 is 24.3 Å². The van der Waals surface area contributed by atoms with Gasteiger partial charge in [-0.3, -0.25) is 4.79 Å². The lowest BCUT2D eigenvalue weighted by Gasteiger charge is -2.19. The summed E-state index contributed by atoms with van der Waals surface area (Å²) in [6, 6.07) is 0. The van der Waals surface area contributed by atoms with Crippen molar-refractivity contribution in [2.24, 2.45) is 0 Å². The molecule has 0 rings (SSSR count). The molecule has 3 nitrogen and oxygen atoms in total. The number of carbonyl (C=O) groups is 1. The Morgan fingerprint density at radius 1 is 1.73 bits per heavy atom. The van der Waals surface area contributed by atoms with Gasteiger partial charge in [0.15, 0.2) is 0 Å². The second-order valence-corrected chi connectivity index (χ2v) is 3.17. The summed E-state index contributed by atoms with van der Waals surface area (Å²) in [6.07, 6.45) is -4.10. The molecule has 66 valence electrons. The third kappa shape index (κ3) is 9.43. The molecule has 0 saturated carbocycles. The van der Waals surface area contributed by atoms with Crippen LogP contribution in [0.5, 0.6) is 0 Å². The Bertz CT molecular complexity index is 239. The lowest BCUT2D eigenvalue weighted by Crippen LogP contribution is -2.36. The minimum Gasteiger partial charge on any atom is -0.481 e. The minimum absolute atomic E-state index is 0.247. The van der Waals surface area contributed by atoms with Crippen molar-refractivity contribution < 1.29 is 15.4 Å². The first-order chi connectivity index (χ1) is 6.49. The van der Waals surface area contributed by atoms with Crippen molar-refractivity contribution in [3.8, 4) is 0 Å². The van der Waals surface area contributed by atoms with Gasteiger partial charge in [0.05, 0.1) is 0 Å². The largest absolute Gasteiger partial charge is 0.481 e. The molecule has 0 bridgehead atoms. The lowest BCUT2D eigenvalue weighted by atomic mass is 10.1. The maximum Gasteiger partial charge on any atom is 0.303 e. The van der Waals surface area contributed by atoms with Crippen LogP contribution in [0, 0.1) is 0 Å². The zero-order valence-electron chi connectivity index (χ0n) is 11.1. The molecule has 0 heterocycles. The van der Waals surface area contributed by atoms with Crippen LogP contribution in [0.2, 0.25) is 1.41 Å². The fraction of sp³-hybridized carbons (Fsp3) is 0.875. The Labute approximate surface area is 73.5 Å². The average Bonchev–Trinajstić information content (AvgIpc) is 2.01. The molecule has 11 heavy (non-hydrogen) atoms. The average molecular weight is 163 g/mol. The molecule has 0 spiro atoms. The van der Waals surface area contributed by atoms with Crippen LogP contribution in [-0.2, 0) is 4.79 Å². The fourth-order valence-electron chi connectivity index (χ4n) is 0.452. The van der Waals surface area contributed by atoms with Crippen molar-refractivity contribution in [1.82, 2.24) is 5.31 Å². The molecule has 0 aromatic heterocycles. The number of carboxylic acids is 1. The molecule has 0 aromatic carbocycles. The van der Waals surface area contributed by atoms with Gasteiger partial charge in [-0.25, -0.2) is 0 Å². The quantitative estimate of drug-likeness (QED) is 0.655. The second-order valence-electron chi connectivity index (χ2n) is 3.17. The van der Waals surface area contributed by atoms with Gasteiger partial charge < -0.3 is 10.4 Å². The Hall–Kier alpha value is -0.570. The van der Waals surface area contributed by atoms with Crippen LogP contribution in [0.1, 0.15) is 37.7 Å². The van der Waals surface area contributed by atoms with Crippen molar-refractivity contribution in [3.05, 3.63) is 0 Å². The van der Waals surface area contributed by atoms with Crippen LogP contribution in [0.4, 0.5) is 0 Å². The van der Waals surface area contributed by atoms with Crippen LogP contribution in [0.25, 0.3) is 0 Å². The third-order valence-electron chi connectivity index (χ3n) is 0.882. The summed E-state index contributed by atoms with van der Waals surface area (Å²) in [5.74, 6) is -1.66. The van der Waals surface area contributed by atoms with E-state index in [9.17, 15) is 4.79 Å². The van der Waals surface area contributed by atoms with Crippen molar-refractivity contribution in [1.29, 1.82) is 0 Å². The third-order valence-corrected chi connectivity index (χ3v) is 0.882. The van der Waals surface area contributed by atoms with E-state index in [2.05, 4.69) is 0 Å². The van der Waals surface area contributed by atoms with E-state index in [0.29, 0.717) is 0 Å². The van der Waals surface area contributed by atoms with Gasteiger partial charge in [0, 0.05) is 16.0 Å². The summed E-state index contributed by atoms with van der Waals surface area (Å²) in [4.78, 5) is 10.5. The monoisotopic (exact) mass is 163 g/mol. The van der Waals surface area contributed by atoms with E-state index >= 15 is 0 Å². The first-order valence-corrected chi connectivity index (χ1v) is 3.41. The van der Waals surface area contributed by atoms with Crippen LogP contribution in [0.15, 0.2) is 0 Å². The molecule has 1 unspecified atom stereocenters. The number of nitrogens with one attached hydrogen (secondary N) is 1. The van der Waals surface area contributed by atoms with E-state index in [1.54, 1.807) is 20.8 Å². The highest BCUT2D eigenvalue weighted by molar-refractivity contribution is 5.66. The zero-order valence-corrected chi connectivity index (χ0v) is 7.09. The summed E-state index contributed by atoms with van der Waals surface area (Å²) in [6.45, 7) is 4.97. The summed E-state index contributed by atoms with van der Waals surface area (Å²) in [7, 11) is 0. The highest BCUT2D eigenvalue weighted by Crippen LogP contribution is 1.98. The number of carboxylic acid groups (broad SMARTS) is 1. The highest BCUT2D eigenvalue weighted by atomic mass is 16.4. The molecular weight excluding hydrogens is 142 g/mol. The molecule has 0 amide bonds. The van der Waals surface area contributed by atoms with Crippen LogP contribution in [0.3, 0.4) is 0 Å². The molecule has 2 N–H and O–H groups in total. The Balaban J connectivity index is 4.50. The summed E-state index contributed by atoms with van der Waals surface area (Å²) >= 11 is 0. The van der Waals surface area contributed by atoms with Gasteiger partial charge in [0.2, 0.25) is 0 Å². The predicted molar refractivity (Wildman–Crippen MR) is 44.6 cm³/mol. The standard InChI is InChI=1S/C8H17NO2/c1-8(2,3)9-6-4-5-7(10)11/h9H,4-6H2,1-3H3,(H,10,11)/i4D,5D2/hD. The first-order valence-electron chi connectivity index (χ1n) is 5.44. The molecule has 3 heteroatoms. The van der Waals surface area contributed by atoms with E-state index in [1.807, 2.05) is 0 Å². The first kappa shape index (κ1) is 5.14. The van der Waals surface area contributed by atoms with E-state index in [-0.39, 0.29) is 6.54 Å². The van der Waals surface area contributed by atoms with Crippen LogP contribution in [-0.4, -0.2) is 23.2 Å². The van der Waals surface area contributed by atoms with E-state index in [4.69, 9.17) is 10.6 Å². The molecule has 1 atom stereocenters. The molecular formula is C8H17NO2. The Morgan fingerprint density at radius 2 is 2.27 bits per heavy atom. The summed E-state index contributed by atoms with van der Waals surface area (Å²) in [5.41, 5.74) is -0.534. The maximum atomic E-state index is 10.5. The Kier molecular flexibility index (Phi) is 2.03.